The summed E-state index contributed by atoms with van der Waals surface area (Å²) in [6.45, 7) is 3.36. The fraction of sp³-hybridized carbons (Fsp3) is 0.643. The van der Waals surface area contributed by atoms with E-state index in [1.165, 1.54) is 32.1 Å². The summed E-state index contributed by atoms with van der Waals surface area (Å²) in [5.74, 6) is 1.76. The third kappa shape index (κ3) is 2.75. The van der Waals surface area contributed by atoms with Gasteiger partial charge in [0.15, 0.2) is 6.29 Å². The third-order valence-corrected chi connectivity index (χ3v) is 3.81. The highest BCUT2D eigenvalue weighted by molar-refractivity contribution is 5.72. The molecule has 1 aromatic rings. The van der Waals surface area contributed by atoms with Crippen molar-refractivity contribution in [3.05, 3.63) is 24.0 Å². The summed E-state index contributed by atoms with van der Waals surface area (Å²) >= 11 is 0. The summed E-state index contributed by atoms with van der Waals surface area (Å²) in [5, 5.41) is 0. The molecule has 0 spiro atoms. The van der Waals surface area contributed by atoms with Crippen LogP contribution < -0.4 is 0 Å². The largest absolute Gasteiger partial charge is 0.345 e. The molecule has 0 bridgehead atoms. The first kappa shape index (κ1) is 11.4. The Balaban J connectivity index is 1.84. The molecule has 1 aliphatic carbocycles. The molecule has 2 atom stereocenters. The van der Waals surface area contributed by atoms with E-state index in [1.807, 2.05) is 18.3 Å². The van der Waals surface area contributed by atoms with E-state index in [2.05, 4.69) is 11.5 Å². The molecule has 0 amide bonds. The molecule has 88 valence electrons. The fourth-order valence-electron chi connectivity index (χ4n) is 2.88. The Kier molecular flexibility index (Phi) is 3.81. The molecule has 0 saturated heterocycles. The number of hydrogen-bond donors (Lipinski definition) is 0. The van der Waals surface area contributed by atoms with Gasteiger partial charge in [0.25, 0.3) is 0 Å². The van der Waals surface area contributed by atoms with Gasteiger partial charge in [-0.25, -0.2) is 0 Å². The van der Waals surface area contributed by atoms with Crippen molar-refractivity contribution in [3.8, 4) is 0 Å². The SMILES string of the molecule is CC1CCCC(CCn2cccc2C=O)C1. The molecule has 1 fully saturated rings. The van der Waals surface area contributed by atoms with Crippen LogP contribution in [0.3, 0.4) is 0 Å². The summed E-state index contributed by atoms with van der Waals surface area (Å²) in [4.78, 5) is 10.8. The smallest absolute Gasteiger partial charge is 0.166 e. The van der Waals surface area contributed by atoms with Crippen molar-refractivity contribution in [2.24, 2.45) is 11.8 Å². The van der Waals surface area contributed by atoms with Crippen molar-refractivity contribution in [2.45, 2.75) is 45.6 Å². The molecule has 0 aromatic carbocycles. The van der Waals surface area contributed by atoms with Crippen LogP contribution in [0.15, 0.2) is 18.3 Å². The molecule has 0 aliphatic heterocycles. The molecular weight excluding hydrogens is 198 g/mol. The summed E-state index contributed by atoms with van der Waals surface area (Å²) in [6, 6.07) is 3.84. The molecular formula is C14H21NO. The molecule has 0 radical (unpaired) electrons. The van der Waals surface area contributed by atoms with E-state index in [0.717, 1.165) is 30.4 Å². The lowest BCUT2D eigenvalue weighted by Gasteiger charge is -2.26. The Labute approximate surface area is 97.7 Å². The Morgan fingerprint density at radius 3 is 3.12 bits per heavy atom. The maximum absolute atomic E-state index is 10.8. The number of aryl methyl sites for hydroxylation is 1. The average molecular weight is 219 g/mol. The highest BCUT2D eigenvalue weighted by atomic mass is 16.1. The number of aromatic nitrogens is 1. The van der Waals surface area contributed by atoms with Crippen LogP contribution in [0.1, 0.15) is 49.5 Å². The molecule has 2 unspecified atom stereocenters. The highest BCUT2D eigenvalue weighted by Crippen LogP contribution is 2.30. The van der Waals surface area contributed by atoms with Crippen molar-refractivity contribution in [1.29, 1.82) is 0 Å². The Morgan fingerprint density at radius 1 is 1.50 bits per heavy atom. The van der Waals surface area contributed by atoms with E-state index >= 15 is 0 Å². The van der Waals surface area contributed by atoms with Crippen LogP contribution in [-0.2, 0) is 6.54 Å². The summed E-state index contributed by atoms with van der Waals surface area (Å²) < 4.78 is 2.08. The molecule has 2 rings (SSSR count). The van der Waals surface area contributed by atoms with E-state index in [-0.39, 0.29) is 0 Å². The third-order valence-electron chi connectivity index (χ3n) is 3.81. The highest BCUT2D eigenvalue weighted by Gasteiger charge is 2.18. The normalized spacial score (nSPS) is 25.6. The second-order valence-electron chi connectivity index (χ2n) is 5.17. The van der Waals surface area contributed by atoms with Gasteiger partial charge < -0.3 is 4.57 Å². The van der Waals surface area contributed by atoms with Crippen LogP contribution in [-0.4, -0.2) is 10.9 Å². The number of nitrogens with zero attached hydrogens (tertiary/aromatic N) is 1. The Bertz CT molecular complexity index is 342. The van der Waals surface area contributed by atoms with Crippen LogP contribution in [0, 0.1) is 11.8 Å². The average Bonchev–Trinajstić information content (AvgIpc) is 2.74. The second kappa shape index (κ2) is 5.33. The van der Waals surface area contributed by atoms with Crippen molar-refractivity contribution in [2.75, 3.05) is 0 Å². The minimum atomic E-state index is 0.809. The van der Waals surface area contributed by atoms with Gasteiger partial charge in [0.1, 0.15) is 0 Å². The second-order valence-corrected chi connectivity index (χ2v) is 5.17. The van der Waals surface area contributed by atoms with Crippen molar-refractivity contribution in [1.82, 2.24) is 4.57 Å². The Hall–Kier alpha value is -1.05. The predicted octanol–water partition coefficient (Wildman–Crippen LogP) is 3.52. The summed E-state index contributed by atoms with van der Waals surface area (Å²) in [6.07, 6.45) is 9.72. The van der Waals surface area contributed by atoms with Gasteiger partial charge in [-0.3, -0.25) is 4.79 Å². The number of aldehydes is 1. The molecule has 1 saturated carbocycles. The number of hydrogen-bond acceptors (Lipinski definition) is 1. The maximum atomic E-state index is 10.8. The van der Waals surface area contributed by atoms with Crippen molar-refractivity contribution < 1.29 is 4.79 Å². The first-order chi connectivity index (χ1) is 7.79. The monoisotopic (exact) mass is 219 g/mol. The minimum Gasteiger partial charge on any atom is -0.345 e. The molecule has 1 aromatic heterocycles. The Morgan fingerprint density at radius 2 is 2.38 bits per heavy atom. The van der Waals surface area contributed by atoms with Crippen LogP contribution in [0.5, 0.6) is 0 Å². The van der Waals surface area contributed by atoms with E-state index in [4.69, 9.17) is 0 Å². The minimum absolute atomic E-state index is 0.809. The van der Waals surface area contributed by atoms with Crippen LogP contribution >= 0.6 is 0 Å². The van der Waals surface area contributed by atoms with E-state index in [0.29, 0.717) is 0 Å². The van der Waals surface area contributed by atoms with Gasteiger partial charge in [0, 0.05) is 12.7 Å². The van der Waals surface area contributed by atoms with Gasteiger partial charge in [0.2, 0.25) is 0 Å². The van der Waals surface area contributed by atoms with Crippen molar-refractivity contribution >= 4 is 6.29 Å². The summed E-state index contributed by atoms with van der Waals surface area (Å²) in [7, 11) is 0. The number of carbonyl (C=O) groups excluding carboxylic acids is 1. The zero-order valence-electron chi connectivity index (χ0n) is 10.1. The zero-order chi connectivity index (χ0) is 11.4. The standard InChI is InChI=1S/C14H21NO/c1-12-4-2-5-13(10-12)7-9-15-8-3-6-14(15)11-16/h3,6,8,11-13H,2,4-5,7,9-10H2,1H3. The van der Waals surface area contributed by atoms with Gasteiger partial charge in [-0.2, -0.15) is 0 Å². The number of carbonyl (C=O) groups is 1. The van der Waals surface area contributed by atoms with Gasteiger partial charge in [0.05, 0.1) is 5.69 Å². The molecule has 0 N–H and O–H groups in total. The lowest BCUT2D eigenvalue weighted by Crippen LogP contribution is -2.15. The van der Waals surface area contributed by atoms with Gasteiger partial charge in [-0.15, -0.1) is 0 Å². The van der Waals surface area contributed by atoms with E-state index < -0.39 is 0 Å². The number of rotatable bonds is 4. The van der Waals surface area contributed by atoms with Crippen LogP contribution in [0.2, 0.25) is 0 Å². The maximum Gasteiger partial charge on any atom is 0.166 e. The molecule has 2 nitrogen and oxygen atoms in total. The van der Waals surface area contributed by atoms with Crippen molar-refractivity contribution in [3.63, 3.8) is 0 Å². The quantitative estimate of drug-likeness (QED) is 0.710. The molecule has 2 heteroatoms. The van der Waals surface area contributed by atoms with Gasteiger partial charge in [-0.1, -0.05) is 26.2 Å². The molecule has 1 heterocycles. The first-order valence-electron chi connectivity index (χ1n) is 6.40. The summed E-state index contributed by atoms with van der Waals surface area (Å²) in [5.41, 5.74) is 0.809. The van der Waals surface area contributed by atoms with Gasteiger partial charge >= 0.3 is 0 Å². The van der Waals surface area contributed by atoms with E-state index in [1.54, 1.807) is 0 Å². The fourth-order valence-corrected chi connectivity index (χ4v) is 2.88. The topological polar surface area (TPSA) is 22.0 Å². The predicted molar refractivity (Wildman–Crippen MR) is 65.6 cm³/mol. The van der Waals surface area contributed by atoms with Crippen LogP contribution in [0.4, 0.5) is 0 Å². The zero-order valence-corrected chi connectivity index (χ0v) is 10.1. The molecule has 1 aliphatic rings. The lowest BCUT2D eigenvalue weighted by molar-refractivity contribution is 0.111. The molecule has 16 heavy (non-hydrogen) atoms. The first-order valence-corrected chi connectivity index (χ1v) is 6.40. The van der Waals surface area contributed by atoms with Crippen LogP contribution in [0.25, 0.3) is 0 Å². The van der Waals surface area contributed by atoms with Gasteiger partial charge in [-0.05, 0) is 36.8 Å². The van der Waals surface area contributed by atoms with E-state index in [9.17, 15) is 4.79 Å². The lowest BCUT2D eigenvalue weighted by atomic mass is 9.81.